The molecule has 5 aromatic rings. The normalized spacial score (nSPS) is 11.1. The van der Waals surface area contributed by atoms with Gasteiger partial charge >= 0.3 is 6.01 Å². The van der Waals surface area contributed by atoms with E-state index in [4.69, 9.17) is 20.8 Å². The van der Waals surface area contributed by atoms with Crippen LogP contribution in [0.3, 0.4) is 0 Å². The van der Waals surface area contributed by atoms with Crippen LogP contribution in [-0.2, 0) is 11.3 Å². The van der Waals surface area contributed by atoms with Crippen LogP contribution in [0.2, 0.25) is 5.02 Å². The van der Waals surface area contributed by atoms with Gasteiger partial charge in [0.2, 0.25) is 0 Å². The maximum Gasteiger partial charge on any atom is 0.302 e. The number of methoxy groups -OCH3 is 1. The number of nitrogens with zero attached hydrogens (tertiary/aromatic N) is 3. The lowest BCUT2D eigenvalue weighted by molar-refractivity contribution is -0.112. The van der Waals surface area contributed by atoms with Gasteiger partial charge in [-0.25, -0.2) is 0 Å². The van der Waals surface area contributed by atoms with Crippen molar-refractivity contribution in [2.45, 2.75) is 13.5 Å². The lowest BCUT2D eigenvalue weighted by atomic mass is 10.1. The molecule has 0 saturated carbocycles. The molecule has 0 unspecified atom stereocenters. The molecule has 0 fully saturated rings. The Bertz CT molecular complexity index is 1520. The van der Waals surface area contributed by atoms with E-state index < -0.39 is 11.7 Å². The molecule has 0 aliphatic heterocycles. The van der Waals surface area contributed by atoms with Crippen LogP contribution in [0.4, 0.5) is 6.01 Å². The van der Waals surface area contributed by atoms with E-state index in [1.807, 2.05) is 47.9 Å². The summed E-state index contributed by atoms with van der Waals surface area (Å²) in [5.74, 6) is -0.973. The minimum atomic E-state index is -0.851. The number of amides is 1. The highest BCUT2D eigenvalue weighted by molar-refractivity contribution is 6.48. The third-order valence-electron chi connectivity index (χ3n) is 5.63. The molecule has 0 aliphatic carbocycles. The fourth-order valence-corrected chi connectivity index (χ4v) is 4.08. The zero-order valence-corrected chi connectivity index (χ0v) is 19.1. The average molecular weight is 475 g/mol. The molecule has 0 bridgehead atoms. The molecule has 0 atom stereocenters. The number of hydrogen-bond donors (Lipinski definition) is 1. The number of carbonyl (C=O) groups excluding carboxylic acids is 2. The number of rotatable bonds is 6. The standard InChI is InChI=1S/C25H19ClN4O4/c1-14-22(23(31)24(32)29-25-28-19-9-10-27-12-21(19)34-25)18-11-17(33-2)7-8-20(18)30(14)13-15-3-5-16(26)6-4-15/h3-12H,13H2,1-2H3,(H,28,29,32). The van der Waals surface area contributed by atoms with Crippen molar-refractivity contribution in [2.24, 2.45) is 0 Å². The van der Waals surface area contributed by atoms with Gasteiger partial charge in [-0.3, -0.25) is 19.9 Å². The van der Waals surface area contributed by atoms with Crippen molar-refractivity contribution in [1.82, 2.24) is 14.5 Å². The van der Waals surface area contributed by atoms with Gasteiger partial charge in [0.25, 0.3) is 11.7 Å². The van der Waals surface area contributed by atoms with Gasteiger partial charge in [-0.2, -0.15) is 4.98 Å². The third-order valence-corrected chi connectivity index (χ3v) is 5.88. The van der Waals surface area contributed by atoms with E-state index in [0.717, 1.165) is 11.1 Å². The van der Waals surface area contributed by atoms with Gasteiger partial charge in [-0.1, -0.05) is 23.7 Å². The topological polar surface area (TPSA) is 99.2 Å². The molecule has 170 valence electrons. The Morgan fingerprint density at radius 1 is 1.15 bits per heavy atom. The highest BCUT2D eigenvalue weighted by Crippen LogP contribution is 2.31. The quantitative estimate of drug-likeness (QED) is 0.274. The SMILES string of the molecule is COc1ccc2c(c1)c(C(=O)C(=O)Nc1nc3ccncc3o1)c(C)n2Cc1ccc(Cl)cc1. The number of ether oxygens (including phenoxy) is 1. The zero-order valence-electron chi connectivity index (χ0n) is 18.3. The second-order valence-electron chi connectivity index (χ2n) is 7.70. The number of hydrogen-bond acceptors (Lipinski definition) is 6. The predicted molar refractivity (Wildman–Crippen MR) is 129 cm³/mol. The summed E-state index contributed by atoms with van der Waals surface area (Å²) in [4.78, 5) is 34.4. The van der Waals surface area contributed by atoms with Gasteiger partial charge in [-0.15, -0.1) is 0 Å². The first-order chi connectivity index (χ1) is 16.4. The highest BCUT2D eigenvalue weighted by atomic mass is 35.5. The summed E-state index contributed by atoms with van der Waals surface area (Å²) in [6, 6.07) is 14.5. The predicted octanol–water partition coefficient (Wildman–Crippen LogP) is 5.02. The Hall–Kier alpha value is -4.17. The van der Waals surface area contributed by atoms with Crippen molar-refractivity contribution in [3.05, 3.63) is 82.8 Å². The van der Waals surface area contributed by atoms with Crippen molar-refractivity contribution in [3.63, 3.8) is 0 Å². The van der Waals surface area contributed by atoms with E-state index in [-0.39, 0.29) is 11.6 Å². The lowest BCUT2D eigenvalue weighted by Gasteiger charge is -2.09. The summed E-state index contributed by atoms with van der Waals surface area (Å²) in [7, 11) is 1.55. The number of anilines is 1. The molecule has 9 heteroatoms. The average Bonchev–Trinajstić information content (AvgIpc) is 3.37. The molecule has 0 spiro atoms. The Kier molecular flexibility index (Phi) is 5.51. The smallest absolute Gasteiger partial charge is 0.302 e. The van der Waals surface area contributed by atoms with Crippen molar-refractivity contribution in [3.8, 4) is 5.75 Å². The number of nitrogens with one attached hydrogen (secondary N) is 1. The number of aromatic nitrogens is 3. The third kappa shape index (κ3) is 3.88. The van der Waals surface area contributed by atoms with Gasteiger partial charge < -0.3 is 13.7 Å². The second-order valence-corrected chi connectivity index (χ2v) is 8.14. The Morgan fingerprint density at radius 3 is 2.68 bits per heavy atom. The Balaban J connectivity index is 1.54. The van der Waals surface area contributed by atoms with Gasteiger partial charge in [0.1, 0.15) is 11.3 Å². The van der Waals surface area contributed by atoms with Crippen LogP contribution in [0, 0.1) is 6.92 Å². The molecule has 3 heterocycles. The van der Waals surface area contributed by atoms with Crippen LogP contribution in [0.5, 0.6) is 5.75 Å². The van der Waals surface area contributed by atoms with Gasteiger partial charge in [0, 0.05) is 34.4 Å². The first-order valence-corrected chi connectivity index (χ1v) is 10.8. The van der Waals surface area contributed by atoms with Crippen LogP contribution in [0.15, 0.2) is 65.3 Å². The highest BCUT2D eigenvalue weighted by Gasteiger charge is 2.27. The summed E-state index contributed by atoms with van der Waals surface area (Å²) in [5, 5.41) is 3.73. The minimum Gasteiger partial charge on any atom is -0.497 e. The first kappa shape index (κ1) is 21.7. The number of fused-ring (bicyclic) bond motifs is 2. The van der Waals surface area contributed by atoms with E-state index in [2.05, 4.69) is 15.3 Å². The number of carbonyl (C=O) groups is 2. The number of pyridine rings is 1. The van der Waals surface area contributed by atoms with Crippen LogP contribution in [0.25, 0.3) is 22.0 Å². The molecular weight excluding hydrogens is 456 g/mol. The second kappa shape index (κ2) is 8.64. The summed E-state index contributed by atoms with van der Waals surface area (Å²) in [6.07, 6.45) is 3.05. The maximum atomic E-state index is 13.3. The number of Topliss-reactive ketones (excluding diaryl/α,β-unsaturated/α-hetero) is 1. The lowest BCUT2D eigenvalue weighted by Crippen LogP contribution is -2.23. The van der Waals surface area contributed by atoms with E-state index in [0.29, 0.717) is 39.5 Å². The van der Waals surface area contributed by atoms with Gasteiger partial charge in [0.05, 0.1) is 18.9 Å². The summed E-state index contributed by atoms with van der Waals surface area (Å²) in [5.41, 5.74) is 3.68. The molecule has 0 saturated heterocycles. The summed E-state index contributed by atoms with van der Waals surface area (Å²) >= 11 is 6.02. The molecule has 8 nitrogen and oxygen atoms in total. The van der Waals surface area contributed by atoms with Crippen molar-refractivity contribution in [1.29, 1.82) is 0 Å². The minimum absolute atomic E-state index is 0.0681. The molecule has 1 N–H and O–H groups in total. The zero-order chi connectivity index (χ0) is 23.8. The first-order valence-electron chi connectivity index (χ1n) is 10.4. The van der Waals surface area contributed by atoms with Crippen LogP contribution >= 0.6 is 11.6 Å². The van der Waals surface area contributed by atoms with Crippen LogP contribution in [0.1, 0.15) is 21.6 Å². The molecule has 0 aliphatic rings. The van der Waals surface area contributed by atoms with E-state index in [9.17, 15) is 9.59 Å². The molecule has 1 amide bonds. The largest absolute Gasteiger partial charge is 0.497 e. The van der Waals surface area contributed by atoms with Crippen molar-refractivity contribution >= 4 is 51.3 Å². The van der Waals surface area contributed by atoms with Gasteiger partial charge in [-0.05, 0) is 48.9 Å². The van der Waals surface area contributed by atoms with E-state index >= 15 is 0 Å². The van der Waals surface area contributed by atoms with E-state index in [1.165, 1.54) is 6.20 Å². The molecule has 2 aromatic carbocycles. The molecule has 34 heavy (non-hydrogen) atoms. The molecular formula is C25H19ClN4O4. The van der Waals surface area contributed by atoms with E-state index in [1.54, 1.807) is 25.4 Å². The van der Waals surface area contributed by atoms with Crippen molar-refractivity contribution in [2.75, 3.05) is 12.4 Å². The number of benzene rings is 2. The Morgan fingerprint density at radius 2 is 1.94 bits per heavy atom. The number of ketones is 1. The number of oxazole rings is 1. The van der Waals surface area contributed by atoms with Gasteiger partial charge in [0.15, 0.2) is 5.58 Å². The fraction of sp³-hybridized carbons (Fsp3) is 0.120. The number of halogens is 1. The summed E-state index contributed by atoms with van der Waals surface area (Å²) < 4.78 is 12.8. The fourth-order valence-electron chi connectivity index (χ4n) is 3.95. The monoisotopic (exact) mass is 474 g/mol. The molecule has 5 rings (SSSR count). The summed E-state index contributed by atoms with van der Waals surface area (Å²) in [6.45, 7) is 2.31. The molecule has 0 radical (unpaired) electrons. The maximum absolute atomic E-state index is 13.3. The molecule has 3 aromatic heterocycles. The van der Waals surface area contributed by atoms with Crippen molar-refractivity contribution < 1.29 is 18.7 Å². The van der Waals surface area contributed by atoms with Crippen LogP contribution in [-0.4, -0.2) is 33.3 Å². The Labute approximate surface area is 199 Å². The van der Waals surface area contributed by atoms with Crippen LogP contribution < -0.4 is 10.1 Å².